The van der Waals surface area contributed by atoms with E-state index in [-0.39, 0.29) is 0 Å². The van der Waals surface area contributed by atoms with E-state index in [1.807, 2.05) is 30.3 Å². The van der Waals surface area contributed by atoms with Gasteiger partial charge in [-0.1, -0.05) is 24.3 Å². The maximum absolute atomic E-state index is 9.42. The van der Waals surface area contributed by atoms with Gasteiger partial charge in [0.1, 0.15) is 0 Å². The molecule has 1 aromatic carbocycles. The van der Waals surface area contributed by atoms with Crippen LogP contribution in [0.15, 0.2) is 36.5 Å². The van der Waals surface area contributed by atoms with Crippen LogP contribution in [-0.4, -0.2) is 22.2 Å². The van der Waals surface area contributed by atoms with Crippen molar-refractivity contribution in [2.24, 2.45) is 0 Å². The maximum Gasteiger partial charge on any atom is 0.316 e. The summed E-state index contributed by atoms with van der Waals surface area (Å²) in [5.41, 5.74) is 2.65. The number of nitrogens with zero attached hydrogens (tertiary/aromatic N) is 2. The van der Waals surface area contributed by atoms with Crippen LogP contribution >= 0.6 is 0 Å². The van der Waals surface area contributed by atoms with E-state index >= 15 is 0 Å². The molecule has 0 saturated heterocycles. The monoisotopic (exact) mass is 230 g/mol. The number of rotatable bonds is 3. The first kappa shape index (κ1) is 11.5. The summed E-state index contributed by atoms with van der Waals surface area (Å²) in [6, 6.07) is 9.78. The third-order valence-electron chi connectivity index (χ3n) is 2.50. The predicted molar refractivity (Wildman–Crippen MR) is 64.7 cm³/mol. The first-order valence-electron chi connectivity index (χ1n) is 5.36. The number of hydrogen-bond donors (Lipinski definition) is 1. The number of aromatic nitrogens is 2. The van der Waals surface area contributed by atoms with Gasteiger partial charge in [-0.3, -0.25) is 0 Å². The van der Waals surface area contributed by atoms with Crippen LogP contribution in [0, 0.1) is 0 Å². The number of benzene rings is 1. The zero-order valence-electron chi connectivity index (χ0n) is 9.79. The van der Waals surface area contributed by atoms with E-state index in [4.69, 9.17) is 4.74 Å². The maximum atomic E-state index is 9.42. The van der Waals surface area contributed by atoms with Crippen molar-refractivity contribution in [3.8, 4) is 17.3 Å². The Morgan fingerprint density at radius 3 is 2.47 bits per heavy atom. The van der Waals surface area contributed by atoms with E-state index in [0.717, 1.165) is 16.8 Å². The molecule has 0 amide bonds. The van der Waals surface area contributed by atoms with Crippen LogP contribution in [0.1, 0.15) is 18.6 Å². The molecule has 1 aromatic heterocycles. The fourth-order valence-electron chi connectivity index (χ4n) is 1.53. The summed E-state index contributed by atoms with van der Waals surface area (Å²) in [5, 5.41) is 9.42. The van der Waals surface area contributed by atoms with E-state index in [0.29, 0.717) is 6.01 Å². The number of hydrogen-bond acceptors (Lipinski definition) is 4. The van der Waals surface area contributed by atoms with Crippen molar-refractivity contribution in [2.75, 3.05) is 7.11 Å². The molecule has 0 spiro atoms. The second-order valence-electron chi connectivity index (χ2n) is 3.73. The summed E-state index contributed by atoms with van der Waals surface area (Å²) >= 11 is 0. The first-order chi connectivity index (χ1) is 8.20. The van der Waals surface area contributed by atoms with Gasteiger partial charge in [-0.05, 0) is 18.6 Å². The third-order valence-corrected chi connectivity index (χ3v) is 2.50. The molecule has 0 aliphatic rings. The Morgan fingerprint density at radius 2 is 1.88 bits per heavy atom. The first-order valence-corrected chi connectivity index (χ1v) is 5.36. The van der Waals surface area contributed by atoms with Gasteiger partial charge in [-0.15, -0.1) is 0 Å². The van der Waals surface area contributed by atoms with Crippen LogP contribution in [0.25, 0.3) is 11.3 Å². The molecule has 17 heavy (non-hydrogen) atoms. The van der Waals surface area contributed by atoms with E-state index in [1.165, 1.54) is 7.11 Å². The van der Waals surface area contributed by atoms with Crippen molar-refractivity contribution >= 4 is 0 Å². The molecule has 2 aromatic rings. The Labute approximate surface area is 99.9 Å². The Balaban J connectivity index is 2.32. The van der Waals surface area contributed by atoms with Gasteiger partial charge < -0.3 is 9.84 Å². The highest BCUT2D eigenvalue weighted by molar-refractivity contribution is 5.59. The van der Waals surface area contributed by atoms with Gasteiger partial charge in [0.25, 0.3) is 0 Å². The zero-order chi connectivity index (χ0) is 12.3. The van der Waals surface area contributed by atoms with Crippen LogP contribution in [0.3, 0.4) is 0 Å². The molecule has 1 atom stereocenters. The van der Waals surface area contributed by atoms with E-state index in [1.54, 1.807) is 13.1 Å². The summed E-state index contributed by atoms with van der Waals surface area (Å²) in [4.78, 5) is 8.20. The van der Waals surface area contributed by atoms with Crippen molar-refractivity contribution in [1.29, 1.82) is 0 Å². The Hall–Kier alpha value is -1.94. The largest absolute Gasteiger partial charge is 0.467 e. The van der Waals surface area contributed by atoms with Crippen molar-refractivity contribution in [3.05, 3.63) is 42.1 Å². The summed E-state index contributed by atoms with van der Waals surface area (Å²) in [5.74, 6) is 0. The highest BCUT2D eigenvalue weighted by Gasteiger charge is 2.04. The van der Waals surface area contributed by atoms with Crippen LogP contribution in [0.5, 0.6) is 6.01 Å². The predicted octanol–water partition coefficient (Wildman–Crippen LogP) is 2.21. The molecule has 0 aliphatic carbocycles. The topological polar surface area (TPSA) is 55.2 Å². The summed E-state index contributed by atoms with van der Waals surface area (Å²) in [7, 11) is 1.54. The molecule has 0 bridgehead atoms. The molecule has 0 radical (unpaired) electrons. The van der Waals surface area contributed by atoms with Crippen LogP contribution in [-0.2, 0) is 0 Å². The van der Waals surface area contributed by atoms with Crippen molar-refractivity contribution < 1.29 is 9.84 Å². The number of ether oxygens (including phenoxy) is 1. The van der Waals surface area contributed by atoms with E-state index < -0.39 is 6.10 Å². The molecule has 4 nitrogen and oxygen atoms in total. The minimum absolute atomic E-state index is 0.349. The molecule has 0 aliphatic heterocycles. The van der Waals surface area contributed by atoms with Crippen LogP contribution in [0.4, 0.5) is 0 Å². The number of aliphatic hydroxyl groups is 1. The normalized spacial score (nSPS) is 12.2. The molecule has 1 heterocycles. The molecule has 1 N–H and O–H groups in total. The lowest BCUT2D eigenvalue weighted by atomic mass is 10.1. The van der Waals surface area contributed by atoms with Gasteiger partial charge in [-0.25, -0.2) is 4.98 Å². The third kappa shape index (κ3) is 2.60. The second-order valence-corrected chi connectivity index (χ2v) is 3.73. The Kier molecular flexibility index (Phi) is 3.35. The molecule has 0 fully saturated rings. The van der Waals surface area contributed by atoms with Gasteiger partial charge >= 0.3 is 6.01 Å². The molecular weight excluding hydrogens is 216 g/mol. The average Bonchev–Trinajstić information content (AvgIpc) is 2.39. The Bertz CT molecular complexity index is 495. The fraction of sp³-hybridized carbons (Fsp3) is 0.231. The lowest BCUT2D eigenvalue weighted by Gasteiger charge is -2.06. The quantitative estimate of drug-likeness (QED) is 0.878. The van der Waals surface area contributed by atoms with E-state index in [2.05, 4.69) is 9.97 Å². The van der Waals surface area contributed by atoms with Gasteiger partial charge in [-0.2, -0.15) is 4.98 Å². The molecule has 2 rings (SSSR count). The van der Waals surface area contributed by atoms with Crippen molar-refractivity contribution in [1.82, 2.24) is 9.97 Å². The van der Waals surface area contributed by atoms with Crippen LogP contribution in [0.2, 0.25) is 0 Å². The van der Waals surface area contributed by atoms with Crippen LogP contribution < -0.4 is 4.74 Å². The van der Waals surface area contributed by atoms with Gasteiger partial charge in [0, 0.05) is 11.8 Å². The van der Waals surface area contributed by atoms with Gasteiger partial charge in [0.2, 0.25) is 0 Å². The summed E-state index contributed by atoms with van der Waals surface area (Å²) in [6.45, 7) is 1.74. The summed E-state index contributed by atoms with van der Waals surface area (Å²) < 4.78 is 4.98. The molecule has 0 saturated carbocycles. The Morgan fingerprint density at radius 1 is 1.18 bits per heavy atom. The summed E-state index contributed by atoms with van der Waals surface area (Å²) in [6.07, 6.45) is 1.20. The fourth-order valence-corrected chi connectivity index (χ4v) is 1.53. The molecular formula is C13H14N2O2. The average molecular weight is 230 g/mol. The second kappa shape index (κ2) is 4.93. The highest BCUT2D eigenvalue weighted by Crippen LogP contribution is 2.21. The van der Waals surface area contributed by atoms with Crippen molar-refractivity contribution in [3.63, 3.8) is 0 Å². The number of aliphatic hydroxyl groups excluding tert-OH is 1. The molecule has 0 unspecified atom stereocenters. The zero-order valence-corrected chi connectivity index (χ0v) is 9.79. The lowest BCUT2D eigenvalue weighted by molar-refractivity contribution is 0.199. The van der Waals surface area contributed by atoms with Gasteiger partial charge in [0.05, 0.1) is 18.9 Å². The smallest absolute Gasteiger partial charge is 0.316 e. The number of methoxy groups -OCH3 is 1. The SMILES string of the molecule is COc1nccc(-c2ccc([C@@H](C)O)cc2)n1. The standard InChI is InChI=1S/C13H14N2O2/c1-9(16)10-3-5-11(6-4-10)12-7-8-14-13(15-12)17-2/h3-9,16H,1-2H3/t9-/m1/s1. The van der Waals surface area contributed by atoms with E-state index in [9.17, 15) is 5.11 Å². The van der Waals surface area contributed by atoms with Gasteiger partial charge in [0.15, 0.2) is 0 Å². The van der Waals surface area contributed by atoms with Crippen molar-refractivity contribution in [2.45, 2.75) is 13.0 Å². The molecule has 88 valence electrons. The minimum atomic E-state index is -0.455. The highest BCUT2D eigenvalue weighted by atomic mass is 16.5. The minimum Gasteiger partial charge on any atom is -0.467 e. The lowest BCUT2D eigenvalue weighted by Crippen LogP contribution is -1.94. The molecule has 4 heteroatoms.